The van der Waals surface area contributed by atoms with Crippen molar-refractivity contribution < 1.29 is 18.9 Å². The minimum atomic E-state index is 0.556. The van der Waals surface area contributed by atoms with Crippen LogP contribution in [-0.4, -0.2) is 79.0 Å². The van der Waals surface area contributed by atoms with E-state index in [2.05, 4.69) is 21.6 Å². The Kier molecular flexibility index (Phi) is 11.3. The van der Waals surface area contributed by atoms with Gasteiger partial charge >= 0.3 is 0 Å². The van der Waals surface area contributed by atoms with E-state index in [9.17, 15) is 0 Å². The van der Waals surface area contributed by atoms with Gasteiger partial charge in [0.05, 0.1) is 52.9 Å². The molecule has 1 heterocycles. The zero-order valence-electron chi connectivity index (χ0n) is 19.8. The number of benzene rings is 2. The SMILES string of the molecule is C#Cc1ccc(N2CCOCCOCCN(c3ccc(C#C)cc3)CCOCCOCC2)cc1. The van der Waals surface area contributed by atoms with Crippen molar-refractivity contribution in [1.82, 2.24) is 0 Å². The fraction of sp³-hybridized carbons (Fsp3) is 0.429. The monoisotopic (exact) mass is 462 g/mol. The Labute approximate surface area is 203 Å². The molecule has 0 spiro atoms. The fourth-order valence-electron chi connectivity index (χ4n) is 3.62. The van der Waals surface area contributed by atoms with Crippen molar-refractivity contribution in [2.75, 3.05) is 88.8 Å². The summed E-state index contributed by atoms with van der Waals surface area (Å²) in [5, 5.41) is 0. The fourth-order valence-corrected chi connectivity index (χ4v) is 3.62. The number of anilines is 2. The first kappa shape index (κ1) is 25.6. The van der Waals surface area contributed by atoms with Gasteiger partial charge in [-0.3, -0.25) is 0 Å². The van der Waals surface area contributed by atoms with Crippen molar-refractivity contribution >= 4 is 11.4 Å². The molecule has 0 unspecified atom stereocenters. The maximum Gasteiger partial charge on any atom is 0.0701 e. The normalized spacial score (nSPS) is 17.7. The van der Waals surface area contributed by atoms with Gasteiger partial charge in [0.2, 0.25) is 0 Å². The molecule has 0 radical (unpaired) electrons. The zero-order valence-corrected chi connectivity index (χ0v) is 19.8. The van der Waals surface area contributed by atoms with E-state index in [1.807, 2.05) is 48.5 Å². The molecular formula is C28H34N2O4. The van der Waals surface area contributed by atoms with E-state index in [0.29, 0.717) is 52.9 Å². The molecule has 6 heteroatoms. The average molecular weight is 463 g/mol. The molecule has 2 aromatic carbocycles. The summed E-state index contributed by atoms with van der Waals surface area (Å²) in [7, 11) is 0. The maximum atomic E-state index is 5.82. The molecule has 6 nitrogen and oxygen atoms in total. The molecule has 1 aliphatic heterocycles. The summed E-state index contributed by atoms with van der Waals surface area (Å²) in [5.74, 6) is 5.31. The summed E-state index contributed by atoms with van der Waals surface area (Å²) in [6.45, 7) is 7.70. The van der Waals surface area contributed by atoms with E-state index in [0.717, 1.165) is 48.7 Å². The second kappa shape index (κ2) is 15.0. The van der Waals surface area contributed by atoms with Crippen LogP contribution in [0.3, 0.4) is 0 Å². The van der Waals surface area contributed by atoms with Crippen LogP contribution in [0.5, 0.6) is 0 Å². The van der Waals surface area contributed by atoms with Gasteiger partial charge in [-0.1, -0.05) is 11.8 Å². The van der Waals surface area contributed by atoms with E-state index in [1.54, 1.807) is 0 Å². The molecule has 0 saturated carbocycles. The predicted octanol–water partition coefficient (Wildman–Crippen LogP) is 3.04. The van der Waals surface area contributed by atoms with Gasteiger partial charge in [0.25, 0.3) is 0 Å². The number of hydrogen-bond acceptors (Lipinski definition) is 6. The summed E-state index contributed by atoms with van der Waals surface area (Å²) in [4.78, 5) is 4.49. The Balaban J connectivity index is 1.51. The van der Waals surface area contributed by atoms with Crippen molar-refractivity contribution in [3.63, 3.8) is 0 Å². The van der Waals surface area contributed by atoms with E-state index >= 15 is 0 Å². The molecule has 0 aromatic heterocycles. The lowest BCUT2D eigenvalue weighted by molar-refractivity contribution is 0.0436. The van der Waals surface area contributed by atoms with Crippen molar-refractivity contribution in [3.8, 4) is 24.7 Å². The van der Waals surface area contributed by atoms with Gasteiger partial charge in [0.15, 0.2) is 0 Å². The average Bonchev–Trinajstić information content (AvgIpc) is 2.89. The molecule has 0 atom stereocenters. The smallest absolute Gasteiger partial charge is 0.0701 e. The van der Waals surface area contributed by atoms with Crippen LogP contribution in [0.1, 0.15) is 11.1 Å². The largest absolute Gasteiger partial charge is 0.377 e. The molecular weight excluding hydrogens is 428 g/mol. The standard InChI is InChI=1S/C28H34N2O4/c1-3-25-5-9-27(10-6-25)29-13-17-31-21-23-33-19-15-30(16-20-34-24-22-32-18-14-29)28-11-7-26(4-2)8-12-28/h1-2,5-12H,13-24H2. The quantitative estimate of drug-likeness (QED) is 0.640. The van der Waals surface area contributed by atoms with Gasteiger partial charge in [-0.05, 0) is 48.5 Å². The highest BCUT2D eigenvalue weighted by atomic mass is 16.5. The topological polar surface area (TPSA) is 43.4 Å². The van der Waals surface area contributed by atoms with Gasteiger partial charge in [0, 0.05) is 48.7 Å². The van der Waals surface area contributed by atoms with E-state index in [-0.39, 0.29) is 0 Å². The van der Waals surface area contributed by atoms with E-state index < -0.39 is 0 Å². The van der Waals surface area contributed by atoms with Gasteiger partial charge in [-0.15, -0.1) is 12.8 Å². The van der Waals surface area contributed by atoms with Crippen LogP contribution in [0.15, 0.2) is 48.5 Å². The van der Waals surface area contributed by atoms with Crippen molar-refractivity contribution in [3.05, 3.63) is 59.7 Å². The molecule has 2 aromatic rings. The highest BCUT2D eigenvalue weighted by molar-refractivity contribution is 5.51. The highest BCUT2D eigenvalue weighted by Crippen LogP contribution is 2.16. The van der Waals surface area contributed by atoms with Gasteiger partial charge in [-0.25, -0.2) is 0 Å². The molecule has 3 rings (SSSR count). The van der Waals surface area contributed by atoms with Crippen LogP contribution < -0.4 is 9.80 Å². The van der Waals surface area contributed by atoms with Crippen LogP contribution in [0.25, 0.3) is 0 Å². The lowest BCUT2D eigenvalue weighted by Gasteiger charge is -2.26. The van der Waals surface area contributed by atoms with Crippen molar-refractivity contribution in [2.24, 2.45) is 0 Å². The molecule has 0 amide bonds. The molecule has 34 heavy (non-hydrogen) atoms. The first-order valence-corrected chi connectivity index (χ1v) is 11.7. The lowest BCUT2D eigenvalue weighted by atomic mass is 10.2. The maximum absolute atomic E-state index is 5.82. The predicted molar refractivity (Wildman–Crippen MR) is 136 cm³/mol. The number of nitrogens with zero attached hydrogens (tertiary/aromatic N) is 2. The van der Waals surface area contributed by atoms with Crippen LogP contribution >= 0.6 is 0 Å². The lowest BCUT2D eigenvalue weighted by Crippen LogP contribution is -2.33. The van der Waals surface area contributed by atoms with Crippen LogP contribution in [0, 0.1) is 24.7 Å². The number of terminal acetylenes is 2. The van der Waals surface area contributed by atoms with Gasteiger partial charge < -0.3 is 28.7 Å². The number of rotatable bonds is 2. The minimum absolute atomic E-state index is 0.556. The van der Waals surface area contributed by atoms with Crippen molar-refractivity contribution in [1.29, 1.82) is 0 Å². The third-order valence-electron chi connectivity index (χ3n) is 5.56. The number of ether oxygens (including phenoxy) is 4. The summed E-state index contributed by atoms with van der Waals surface area (Å²) in [6, 6.07) is 16.0. The number of hydrogen-bond donors (Lipinski definition) is 0. The molecule has 1 saturated heterocycles. The minimum Gasteiger partial charge on any atom is -0.377 e. The summed E-state index contributed by atoms with van der Waals surface area (Å²) in [6.07, 6.45) is 11.0. The van der Waals surface area contributed by atoms with Crippen LogP contribution in [-0.2, 0) is 18.9 Å². The molecule has 180 valence electrons. The Morgan fingerprint density at radius 1 is 0.471 bits per heavy atom. The summed E-state index contributed by atoms with van der Waals surface area (Å²) in [5.41, 5.74) is 3.94. The van der Waals surface area contributed by atoms with Gasteiger partial charge in [0.1, 0.15) is 0 Å². The summed E-state index contributed by atoms with van der Waals surface area (Å²) >= 11 is 0. The second-order valence-electron chi connectivity index (χ2n) is 7.81. The molecule has 0 bridgehead atoms. The van der Waals surface area contributed by atoms with E-state index in [4.69, 9.17) is 31.8 Å². The Morgan fingerprint density at radius 2 is 0.765 bits per heavy atom. The highest BCUT2D eigenvalue weighted by Gasteiger charge is 2.09. The Hall–Kier alpha value is -3.00. The first-order chi connectivity index (χ1) is 16.8. The van der Waals surface area contributed by atoms with Gasteiger partial charge in [-0.2, -0.15) is 0 Å². The van der Waals surface area contributed by atoms with E-state index in [1.165, 1.54) is 0 Å². The molecule has 1 fully saturated rings. The summed E-state index contributed by atoms with van der Waals surface area (Å²) < 4.78 is 23.3. The molecule has 1 aliphatic rings. The molecule has 0 N–H and O–H groups in total. The van der Waals surface area contributed by atoms with Crippen LogP contribution in [0.4, 0.5) is 11.4 Å². The Bertz CT molecular complexity index is 818. The third kappa shape index (κ3) is 8.74. The van der Waals surface area contributed by atoms with Crippen molar-refractivity contribution in [2.45, 2.75) is 0 Å². The third-order valence-corrected chi connectivity index (χ3v) is 5.56. The first-order valence-electron chi connectivity index (χ1n) is 11.7. The Morgan fingerprint density at radius 3 is 1.03 bits per heavy atom. The van der Waals surface area contributed by atoms with Crippen LogP contribution in [0.2, 0.25) is 0 Å². The second-order valence-corrected chi connectivity index (χ2v) is 7.81. The zero-order chi connectivity index (χ0) is 23.8. The molecule has 0 aliphatic carbocycles.